The van der Waals surface area contributed by atoms with Crippen molar-refractivity contribution in [3.8, 4) is 0 Å². The number of nitrogens with zero attached hydrogens (tertiary/aromatic N) is 4. The van der Waals surface area contributed by atoms with Gasteiger partial charge < -0.3 is 10.4 Å². The number of azo groups is 2. The summed E-state index contributed by atoms with van der Waals surface area (Å²) in [7, 11) is 2.98. The first kappa shape index (κ1) is 16.9. The first-order valence-electron chi connectivity index (χ1n) is 6.93. The number of carbonyl (C=O) groups is 2. The summed E-state index contributed by atoms with van der Waals surface area (Å²) in [4.78, 5) is 23.6. The van der Waals surface area contributed by atoms with Crippen LogP contribution in [0.4, 0.5) is 17.1 Å². The van der Waals surface area contributed by atoms with Gasteiger partial charge in [-0.2, -0.15) is 20.5 Å². The van der Waals surface area contributed by atoms with Crippen molar-refractivity contribution in [3.05, 3.63) is 53.6 Å². The topological polar surface area (TPSA) is 116 Å². The number of hydrogen-bond donors (Lipinski definition) is 2. The quantitative estimate of drug-likeness (QED) is 0.807. The fourth-order valence-electron chi connectivity index (χ4n) is 2.01. The minimum atomic E-state index is -1.15. The molecule has 8 heteroatoms. The Kier molecular flexibility index (Phi) is 5.45. The minimum absolute atomic E-state index is 0.0491. The molecule has 0 saturated heterocycles. The van der Waals surface area contributed by atoms with Crippen LogP contribution >= 0.6 is 0 Å². The lowest BCUT2D eigenvalue weighted by Gasteiger charge is -2.08. The van der Waals surface area contributed by atoms with Crippen LogP contribution in [0.3, 0.4) is 0 Å². The molecule has 2 aromatic carbocycles. The summed E-state index contributed by atoms with van der Waals surface area (Å²) < 4.78 is 0. The highest BCUT2D eigenvalue weighted by atomic mass is 16.4. The normalized spacial score (nSPS) is 11.1. The summed E-state index contributed by atoms with van der Waals surface area (Å²) in [5, 5.41) is 26.7. The molecule has 2 rings (SSSR count). The van der Waals surface area contributed by atoms with E-state index in [2.05, 4.69) is 25.8 Å². The Morgan fingerprint density at radius 2 is 1.75 bits per heavy atom. The molecule has 0 atom stereocenters. The highest BCUT2D eigenvalue weighted by Crippen LogP contribution is 2.24. The van der Waals surface area contributed by atoms with E-state index in [-0.39, 0.29) is 17.2 Å². The van der Waals surface area contributed by atoms with Crippen LogP contribution in [0.5, 0.6) is 0 Å². The van der Waals surface area contributed by atoms with Crippen LogP contribution in [0, 0.1) is 0 Å². The number of hydrogen-bond acceptors (Lipinski definition) is 6. The minimum Gasteiger partial charge on any atom is -0.478 e. The molecule has 0 aliphatic carbocycles. The van der Waals surface area contributed by atoms with Crippen molar-refractivity contribution >= 4 is 28.9 Å². The summed E-state index contributed by atoms with van der Waals surface area (Å²) in [5.41, 5.74) is 1.44. The number of amides is 1. The van der Waals surface area contributed by atoms with E-state index in [1.165, 1.54) is 26.2 Å². The van der Waals surface area contributed by atoms with Gasteiger partial charge in [-0.1, -0.05) is 6.07 Å². The maximum atomic E-state index is 12.3. The van der Waals surface area contributed by atoms with Crippen molar-refractivity contribution in [3.63, 3.8) is 0 Å². The number of anilines is 1. The molecule has 0 heterocycles. The molecule has 24 heavy (non-hydrogen) atoms. The lowest BCUT2D eigenvalue weighted by atomic mass is 10.1. The molecule has 1 amide bonds. The SMILES string of the molecule is C/N=N/c1cccc(C(=O)Nc2ccc(/N=N/C)c(C(=O)O)c2)c1. The summed E-state index contributed by atoms with van der Waals surface area (Å²) in [6.45, 7) is 0. The van der Waals surface area contributed by atoms with E-state index in [9.17, 15) is 14.7 Å². The van der Waals surface area contributed by atoms with E-state index in [0.29, 0.717) is 16.9 Å². The second-order valence-corrected chi connectivity index (χ2v) is 4.64. The van der Waals surface area contributed by atoms with Crippen LogP contribution in [-0.2, 0) is 0 Å². The standard InChI is InChI=1S/C16H15N5O3/c1-17-20-12-5-3-4-10(8-12)15(22)19-11-6-7-14(21-18-2)13(9-11)16(23)24/h3-9H,1-2H3,(H,19,22)(H,23,24)/b20-17+,21-18+. The van der Waals surface area contributed by atoms with Gasteiger partial charge in [-0.25, -0.2) is 4.79 Å². The number of carboxylic acids is 1. The molecule has 0 fully saturated rings. The van der Waals surface area contributed by atoms with Crippen LogP contribution < -0.4 is 5.32 Å². The zero-order valence-electron chi connectivity index (χ0n) is 13.1. The van der Waals surface area contributed by atoms with Gasteiger partial charge in [0.15, 0.2) is 0 Å². The van der Waals surface area contributed by atoms with Crippen molar-refractivity contribution in [1.29, 1.82) is 0 Å². The smallest absolute Gasteiger partial charge is 0.338 e. The third kappa shape index (κ3) is 4.07. The van der Waals surface area contributed by atoms with Crippen molar-refractivity contribution < 1.29 is 14.7 Å². The van der Waals surface area contributed by atoms with Crippen LogP contribution in [0.2, 0.25) is 0 Å². The second-order valence-electron chi connectivity index (χ2n) is 4.64. The van der Waals surface area contributed by atoms with Crippen molar-refractivity contribution in [2.24, 2.45) is 20.5 Å². The molecule has 2 aromatic rings. The number of rotatable bonds is 5. The third-order valence-corrected chi connectivity index (χ3v) is 3.02. The number of carbonyl (C=O) groups excluding carboxylic acids is 1. The average Bonchev–Trinajstić information content (AvgIpc) is 2.57. The lowest BCUT2D eigenvalue weighted by Crippen LogP contribution is -2.12. The molecule has 2 N–H and O–H groups in total. The van der Waals surface area contributed by atoms with E-state index in [4.69, 9.17) is 0 Å². The summed E-state index contributed by atoms with van der Waals surface area (Å²) in [6, 6.07) is 11.0. The highest BCUT2D eigenvalue weighted by Gasteiger charge is 2.13. The third-order valence-electron chi connectivity index (χ3n) is 3.02. The van der Waals surface area contributed by atoms with E-state index in [0.717, 1.165) is 0 Å². The van der Waals surface area contributed by atoms with Crippen LogP contribution in [0.25, 0.3) is 0 Å². The maximum absolute atomic E-state index is 12.3. The molecular formula is C16H15N5O3. The van der Waals surface area contributed by atoms with Gasteiger partial charge in [0.1, 0.15) is 0 Å². The second kappa shape index (κ2) is 7.73. The highest BCUT2D eigenvalue weighted by molar-refractivity contribution is 6.05. The number of benzene rings is 2. The van der Waals surface area contributed by atoms with Crippen LogP contribution in [0.1, 0.15) is 20.7 Å². The van der Waals surface area contributed by atoms with Gasteiger partial charge in [0.25, 0.3) is 5.91 Å². The number of nitrogens with one attached hydrogen (secondary N) is 1. The monoisotopic (exact) mass is 325 g/mol. The predicted octanol–water partition coefficient (Wildman–Crippen LogP) is 4.06. The Hall–Kier alpha value is -3.42. The first-order valence-corrected chi connectivity index (χ1v) is 6.93. The van der Waals surface area contributed by atoms with E-state index >= 15 is 0 Å². The average molecular weight is 325 g/mol. The molecule has 0 aromatic heterocycles. The summed E-state index contributed by atoms with van der Waals surface area (Å²) in [5.74, 6) is -1.54. The van der Waals surface area contributed by atoms with Gasteiger partial charge in [0.05, 0.1) is 16.9 Å². The summed E-state index contributed by atoms with van der Waals surface area (Å²) in [6.07, 6.45) is 0. The predicted molar refractivity (Wildman–Crippen MR) is 88.7 cm³/mol. The molecule has 0 aliphatic rings. The molecule has 122 valence electrons. The molecule has 0 bridgehead atoms. The molecule has 0 saturated carbocycles. The zero-order valence-corrected chi connectivity index (χ0v) is 13.1. The number of aromatic carboxylic acids is 1. The van der Waals surface area contributed by atoms with Gasteiger partial charge in [0, 0.05) is 25.3 Å². The molecule has 8 nitrogen and oxygen atoms in total. The largest absolute Gasteiger partial charge is 0.478 e. The molecular weight excluding hydrogens is 310 g/mol. The van der Waals surface area contributed by atoms with Crippen LogP contribution in [0.15, 0.2) is 62.9 Å². The Bertz CT molecular complexity index is 830. The Morgan fingerprint density at radius 1 is 1.00 bits per heavy atom. The summed E-state index contributed by atoms with van der Waals surface area (Å²) >= 11 is 0. The fourth-order valence-corrected chi connectivity index (χ4v) is 2.01. The molecule has 0 radical (unpaired) electrons. The van der Waals surface area contributed by atoms with E-state index in [1.54, 1.807) is 30.3 Å². The van der Waals surface area contributed by atoms with Gasteiger partial charge in [0.2, 0.25) is 0 Å². The van der Waals surface area contributed by atoms with Gasteiger partial charge in [-0.15, -0.1) is 0 Å². The van der Waals surface area contributed by atoms with Gasteiger partial charge in [-0.3, -0.25) is 4.79 Å². The molecule has 0 unspecified atom stereocenters. The Morgan fingerprint density at radius 3 is 2.42 bits per heavy atom. The molecule has 0 aliphatic heterocycles. The zero-order chi connectivity index (χ0) is 17.5. The van der Waals surface area contributed by atoms with E-state index in [1.807, 2.05) is 0 Å². The van der Waals surface area contributed by atoms with Crippen molar-refractivity contribution in [1.82, 2.24) is 0 Å². The van der Waals surface area contributed by atoms with Gasteiger partial charge >= 0.3 is 5.97 Å². The first-order chi connectivity index (χ1) is 11.5. The van der Waals surface area contributed by atoms with Crippen molar-refractivity contribution in [2.45, 2.75) is 0 Å². The van der Waals surface area contributed by atoms with Crippen LogP contribution in [-0.4, -0.2) is 31.1 Å². The van der Waals surface area contributed by atoms with Crippen molar-refractivity contribution in [2.75, 3.05) is 19.4 Å². The van der Waals surface area contributed by atoms with E-state index < -0.39 is 5.97 Å². The lowest BCUT2D eigenvalue weighted by molar-refractivity contribution is 0.0697. The fraction of sp³-hybridized carbons (Fsp3) is 0.125. The maximum Gasteiger partial charge on any atom is 0.338 e. The number of carboxylic acid groups (broad SMARTS) is 1. The van der Waals surface area contributed by atoms with Gasteiger partial charge in [-0.05, 0) is 36.4 Å². The molecule has 0 spiro atoms. The Labute approximate surface area is 138 Å². The Balaban J connectivity index is 2.27.